The average molecular weight is 370 g/mol. The summed E-state index contributed by atoms with van der Waals surface area (Å²) in [5.41, 5.74) is 0.940. The number of nitrogens with zero attached hydrogens (tertiary/aromatic N) is 3. The summed E-state index contributed by atoms with van der Waals surface area (Å²) in [6, 6.07) is 10.9. The van der Waals surface area contributed by atoms with Gasteiger partial charge < -0.3 is 9.64 Å². The van der Waals surface area contributed by atoms with Crippen molar-refractivity contribution in [3.63, 3.8) is 0 Å². The van der Waals surface area contributed by atoms with Crippen LogP contribution in [0.3, 0.4) is 0 Å². The monoisotopic (exact) mass is 369 g/mol. The van der Waals surface area contributed by atoms with Crippen LogP contribution >= 0.6 is 0 Å². The Morgan fingerprint density at radius 2 is 1.78 bits per heavy atom. The molecule has 1 spiro atoms. The molecule has 5 heteroatoms. The molecule has 0 bridgehead atoms. The first-order valence-corrected chi connectivity index (χ1v) is 10.7. The number of rotatable bonds is 2. The molecule has 1 atom stereocenters. The molecule has 27 heavy (non-hydrogen) atoms. The van der Waals surface area contributed by atoms with E-state index in [1.165, 1.54) is 32.1 Å². The molecule has 146 valence electrons. The number of hydrogen-bond donors (Lipinski definition) is 0. The minimum absolute atomic E-state index is 0.134. The molecule has 0 N–H and O–H groups in total. The fourth-order valence-corrected chi connectivity index (χ4v) is 5.81. The smallest absolute Gasteiger partial charge is 0.253 e. The number of morpholine rings is 1. The van der Waals surface area contributed by atoms with Gasteiger partial charge in [-0.3, -0.25) is 14.6 Å². The van der Waals surface area contributed by atoms with Gasteiger partial charge in [0.2, 0.25) is 0 Å². The van der Waals surface area contributed by atoms with Crippen molar-refractivity contribution in [3.8, 4) is 0 Å². The third-order valence-corrected chi connectivity index (χ3v) is 7.15. The third kappa shape index (κ3) is 3.20. The normalized spacial score (nSPS) is 29.3. The van der Waals surface area contributed by atoms with E-state index < -0.39 is 0 Å². The summed E-state index contributed by atoms with van der Waals surface area (Å²) in [5.74, 6) is 0.177. The van der Waals surface area contributed by atoms with Crippen LogP contribution in [0.15, 0.2) is 30.3 Å². The number of ether oxygens (including phenoxy) is 1. The van der Waals surface area contributed by atoms with E-state index in [0.717, 1.165) is 57.5 Å². The van der Waals surface area contributed by atoms with Crippen molar-refractivity contribution in [3.05, 3.63) is 35.9 Å². The maximum atomic E-state index is 13.1. The van der Waals surface area contributed by atoms with Crippen molar-refractivity contribution in [2.45, 2.75) is 49.7 Å². The second kappa shape index (κ2) is 7.19. The van der Waals surface area contributed by atoms with Crippen LogP contribution in [0, 0.1) is 0 Å². The Kier molecular flexibility index (Phi) is 4.70. The summed E-state index contributed by atoms with van der Waals surface area (Å²) in [6.07, 6.45) is 6.88. The van der Waals surface area contributed by atoms with Gasteiger partial charge in [0.1, 0.15) is 0 Å². The molecule has 1 amide bonds. The summed E-state index contributed by atoms with van der Waals surface area (Å²) in [5, 5.41) is 0. The van der Waals surface area contributed by atoms with Gasteiger partial charge >= 0.3 is 0 Å². The Morgan fingerprint density at radius 1 is 1.00 bits per heavy atom. The summed E-state index contributed by atoms with van der Waals surface area (Å²) >= 11 is 0. The van der Waals surface area contributed by atoms with E-state index >= 15 is 0 Å². The summed E-state index contributed by atoms with van der Waals surface area (Å²) < 4.78 is 5.78. The summed E-state index contributed by atoms with van der Waals surface area (Å²) in [7, 11) is 0. The van der Waals surface area contributed by atoms with E-state index in [1.807, 2.05) is 30.3 Å². The molecule has 0 aromatic heterocycles. The molecule has 3 saturated heterocycles. The second-order valence-electron chi connectivity index (χ2n) is 8.89. The molecule has 1 aliphatic carbocycles. The van der Waals surface area contributed by atoms with Gasteiger partial charge in [0.05, 0.1) is 24.8 Å². The first-order chi connectivity index (χ1) is 13.3. The van der Waals surface area contributed by atoms with Gasteiger partial charge in [0.25, 0.3) is 5.91 Å². The molecular formula is C22H31N3O2. The Bertz CT molecular complexity index is 667. The van der Waals surface area contributed by atoms with E-state index in [-0.39, 0.29) is 11.4 Å². The number of likely N-dealkylation sites (tertiary alicyclic amines) is 1. The van der Waals surface area contributed by atoms with Crippen molar-refractivity contribution in [1.29, 1.82) is 0 Å². The minimum Gasteiger partial charge on any atom is -0.378 e. The highest BCUT2D eigenvalue weighted by atomic mass is 16.5. The van der Waals surface area contributed by atoms with E-state index in [4.69, 9.17) is 4.74 Å². The number of carbonyl (C=O) groups excluding carboxylic acids is 1. The number of piperazine rings is 1. The van der Waals surface area contributed by atoms with Crippen LogP contribution in [0.25, 0.3) is 0 Å². The Labute approximate surface area is 162 Å². The Morgan fingerprint density at radius 3 is 2.56 bits per heavy atom. The van der Waals surface area contributed by atoms with E-state index in [9.17, 15) is 4.79 Å². The highest BCUT2D eigenvalue weighted by Crippen LogP contribution is 2.39. The van der Waals surface area contributed by atoms with Crippen molar-refractivity contribution in [1.82, 2.24) is 14.7 Å². The molecule has 1 saturated carbocycles. The largest absolute Gasteiger partial charge is 0.378 e. The van der Waals surface area contributed by atoms with Gasteiger partial charge in [-0.05, 0) is 25.0 Å². The van der Waals surface area contributed by atoms with Gasteiger partial charge in [0.15, 0.2) is 0 Å². The van der Waals surface area contributed by atoms with Crippen molar-refractivity contribution in [2.24, 2.45) is 0 Å². The maximum Gasteiger partial charge on any atom is 0.253 e. The van der Waals surface area contributed by atoms with Crippen molar-refractivity contribution in [2.75, 3.05) is 45.9 Å². The highest BCUT2D eigenvalue weighted by Gasteiger charge is 2.55. The molecule has 1 aromatic rings. The van der Waals surface area contributed by atoms with Crippen molar-refractivity contribution < 1.29 is 9.53 Å². The number of hydrogen-bond acceptors (Lipinski definition) is 4. The predicted octanol–water partition coefficient (Wildman–Crippen LogP) is 2.23. The first-order valence-electron chi connectivity index (χ1n) is 10.7. The predicted molar refractivity (Wildman–Crippen MR) is 105 cm³/mol. The highest BCUT2D eigenvalue weighted by molar-refractivity contribution is 5.94. The van der Waals surface area contributed by atoms with Gasteiger partial charge in [-0.15, -0.1) is 0 Å². The lowest BCUT2D eigenvalue weighted by Crippen LogP contribution is -2.81. The number of amides is 1. The SMILES string of the molecule is O=C(c1ccccc1)N1CC2COCCN2C2(C1)CN(C1CCCCC1)C2. The van der Waals surface area contributed by atoms with Crippen molar-refractivity contribution >= 4 is 5.91 Å². The quantitative estimate of drug-likeness (QED) is 0.801. The molecule has 1 aromatic carbocycles. The van der Waals surface area contributed by atoms with Crippen LogP contribution in [-0.2, 0) is 4.74 Å². The lowest BCUT2D eigenvalue weighted by atomic mass is 9.79. The standard InChI is InChI=1S/C22H31N3O2/c26-21(18-7-3-1-4-8-18)23-13-20-14-27-12-11-25(20)22(15-23)16-24(17-22)19-9-5-2-6-10-19/h1,3-4,7-8,19-20H,2,5-6,9-17H2. The molecule has 0 radical (unpaired) electrons. The van der Waals surface area contributed by atoms with Gasteiger partial charge in [-0.2, -0.15) is 0 Å². The van der Waals surface area contributed by atoms with Crippen LogP contribution in [0.4, 0.5) is 0 Å². The zero-order valence-corrected chi connectivity index (χ0v) is 16.2. The Hall–Kier alpha value is -1.43. The van der Waals surface area contributed by atoms with Crippen LogP contribution < -0.4 is 0 Å². The summed E-state index contributed by atoms with van der Waals surface area (Å²) in [6.45, 7) is 6.48. The van der Waals surface area contributed by atoms with Gasteiger partial charge in [-0.25, -0.2) is 0 Å². The molecular weight excluding hydrogens is 338 g/mol. The Balaban J connectivity index is 1.34. The fraction of sp³-hybridized carbons (Fsp3) is 0.682. The first kappa shape index (κ1) is 17.7. The summed E-state index contributed by atoms with van der Waals surface area (Å²) in [4.78, 5) is 20.6. The van der Waals surface area contributed by atoms with E-state index in [2.05, 4.69) is 14.7 Å². The van der Waals surface area contributed by atoms with Crippen LogP contribution in [0.2, 0.25) is 0 Å². The third-order valence-electron chi connectivity index (χ3n) is 7.15. The molecule has 3 aliphatic heterocycles. The zero-order chi connectivity index (χ0) is 18.3. The molecule has 5 nitrogen and oxygen atoms in total. The fourth-order valence-electron chi connectivity index (χ4n) is 5.81. The van der Waals surface area contributed by atoms with Crippen LogP contribution in [-0.4, -0.2) is 84.2 Å². The lowest BCUT2D eigenvalue weighted by Gasteiger charge is -2.64. The molecule has 3 heterocycles. The number of fused-ring (bicyclic) bond motifs is 2. The van der Waals surface area contributed by atoms with E-state index in [1.54, 1.807) is 0 Å². The minimum atomic E-state index is 0.134. The molecule has 5 rings (SSSR count). The van der Waals surface area contributed by atoms with E-state index in [0.29, 0.717) is 6.04 Å². The molecule has 4 fully saturated rings. The van der Waals surface area contributed by atoms with Gasteiger partial charge in [0, 0.05) is 44.3 Å². The molecule has 1 unspecified atom stereocenters. The number of carbonyl (C=O) groups is 1. The topological polar surface area (TPSA) is 36.0 Å². The number of benzene rings is 1. The lowest BCUT2D eigenvalue weighted by molar-refractivity contribution is -0.168. The molecule has 4 aliphatic rings. The average Bonchev–Trinajstić information content (AvgIpc) is 2.72. The second-order valence-corrected chi connectivity index (χ2v) is 8.89. The zero-order valence-electron chi connectivity index (χ0n) is 16.2. The van der Waals surface area contributed by atoms with Gasteiger partial charge in [-0.1, -0.05) is 37.5 Å². The van der Waals surface area contributed by atoms with Crippen LogP contribution in [0.1, 0.15) is 42.5 Å². The maximum absolute atomic E-state index is 13.1. The van der Waals surface area contributed by atoms with Crippen LogP contribution in [0.5, 0.6) is 0 Å².